The second-order valence-electron chi connectivity index (χ2n) is 7.26. The zero-order valence-corrected chi connectivity index (χ0v) is 19.3. The van der Waals surface area contributed by atoms with Gasteiger partial charge in [-0.25, -0.2) is 21.8 Å². The molecule has 0 amide bonds. The van der Waals surface area contributed by atoms with Crippen LogP contribution in [0.3, 0.4) is 0 Å². The van der Waals surface area contributed by atoms with Crippen molar-refractivity contribution in [3.8, 4) is 0 Å². The van der Waals surface area contributed by atoms with Gasteiger partial charge in [0.15, 0.2) is 5.03 Å². The van der Waals surface area contributed by atoms with Crippen LogP contribution in [-0.2, 0) is 24.4 Å². The van der Waals surface area contributed by atoms with Gasteiger partial charge in [0, 0.05) is 13.2 Å². The van der Waals surface area contributed by atoms with Crippen molar-refractivity contribution in [2.75, 3.05) is 18.5 Å². The van der Waals surface area contributed by atoms with Gasteiger partial charge in [0.25, 0.3) is 0 Å². The van der Waals surface area contributed by atoms with Crippen LogP contribution in [0.15, 0.2) is 73.8 Å². The number of hydrogen-bond acceptors (Lipinski definition) is 8. The zero-order valence-electron chi connectivity index (χ0n) is 16.8. The third-order valence-electron chi connectivity index (χ3n) is 4.96. The summed E-state index contributed by atoms with van der Waals surface area (Å²) >= 11 is 0.824. The lowest BCUT2D eigenvalue weighted by atomic mass is 10.2. The summed E-state index contributed by atoms with van der Waals surface area (Å²) in [5.74, 6) is 0. The van der Waals surface area contributed by atoms with Gasteiger partial charge in [-0.05, 0) is 44.0 Å². The molecule has 0 radical (unpaired) electrons. The fraction of sp³-hybridized carbons (Fsp3) is 0.286. The molecule has 164 valence electrons. The van der Waals surface area contributed by atoms with E-state index >= 15 is 0 Å². The summed E-state index contributed by atoms with van der Waals surface area (Å²) in [6, 6.07) is 14.2. The largest absolute Gasteiger partial charge is 0.376 e. The molecule has 2 aromatic carbocycles. The van der Waals surface area contributed by atoms with E-state index in [4.69, 9.17) is 4.74 Å². The number of aryl methyl sites for hydroxylation is 1. The highest BCUT2D eigenvalue weighted by molar-refractivity contribution is 7.94. The summed E-state index contributed by atoms with van der Waals surface area (Å²) in [6.45, 7) is 2.90. The van der Waals surface area contributed by atoms with Crippen LogP contribution < -0.4 is 5.32 Å². The fourth-order valence-corrected chi connectivity index (χ4v) is 7.56. The Morgan fingerprint density at radius 2 is 1.68 bits per heavy atom. The maximum atomic E-state index is 13.3. The Labute approximate surface area is 186 Å². The van der Waals surface area contributed by atoms with Gasteiger partial charge in [-0.15, -0.1) is 0 Å². The van der Waals surface area contributed by atoms with E-state index in [1.165, 1.54) is 24.3 Å². The summed E-state index contributed by atoms with van der Waals surface area (Å²) in [6.07, 6.45) is 1.75. The fourth-order valence-electron chi connectivity index (χ4n) is 3.24. The van der Waals surface area contributed by atoms with Crippen LogP contribution in [0.25, 0.3) is 0 Å². The average molecular weight is 479 g/mol. The van der Waals surface area contributed by atoms with Crippen molar-refractivity contribution in [1.29, 1.82) is 0 Å². The molecule has 0 spiro atoms. The molecule has 0 aliphatic carbocycles. The van der Waals surface area contributed by atoms with Gasteiger partial charge in [-0.2, -0.15) is 0 Å². The molecule has 1 saturated heterocycles. The van der Waals surface area contributed by atoms with Crippen molar-refractivity contribution in [2.45, 2.75) is 45.0 Å². The smallest absolute Gasteiger partial charge is 0.233 e. The predicted octanol–water partition coefficient (Wildman–Crippen LogP) is 3.71. The second-order valence-corrected chi connectivity index (χ2v) is 12.3. The lowest BCUT2D eigenvalue weighted by Gasteiger charge is -2.11. The van der Waals surface area contributed by atoms with Crippen LogP contribution in [-0.4, -0.2) is 41.1 Å². The van der Waals surface area contributed by atoms with E-state index in [0.29, 0.717) is 13.2 Å². The van der Waals surface area contributed by atoms with E-state index < -0.39 is 19.7 Å². The molecule has 1 atom stereocenters. The zero-order chi connectivity index (χ0) is 22.1. The maximum Gasteiger partial charge on any atom is 0.233 e. The first-order valence-corrected chi connectivity index (χ1v) is 13.5. The number of nitrogens with zero attached hydrogens (tertiary/aromatic N) is 1. The van der Waals surface area contributed by atoms with Crippen molar-refractivity contribution in [3.63, 3.8) is 0 Å². The molecular formula is C21H22N2O5S3. The molecule has 2 heterocycles. The summed E-state index contributed by atoms with van der Waals surface area (Å²) in [5.41, 5.74) is 0.918. The summed E-state index contributed by atoms with van der Waals surface area (Å²) in [7, 11) is -7.98. The Kier molecular flexibility index (Phi) is 6.16. The summed E-state index contributed by atoms with van der Waals surface area (Å²) < 4.78 is 58.1. The topological polar surface area (TPSA) is 102 Å². The molecule has 10 heteroatoms. The Hall–Kier alpha value is -2.27. The lowest BCUT2D eigenvalue weighted by molar-refractivity contribution is 0.120. The second kappa shape index (κ2) is 8.70. The van der Waals surface area contributed by atoms with Crippen molar-refractivity contribution < 1.29 is 21.6 Å². The number of hydrogen-bond donors (Lipinski definition) is 1. The maximum absolute atomic E-state index is 13.3. The van der Waals surface area contributed by atoms with Crippen LogP contribution in [0.4, 0.5) is 5.00 Å². The number of thiazole rings is 1. The van der Waals surface area contributed by atoms with Gasteiger partial charge in [0.2, 0.25) is 24.0 Å². The van der Waals surface area contributed by atoms with E-state index in [9.17, 15) is 16.8 Å². The molecule has 1 aliphatic heterocycles. The van der Waals surface area contributed by atoms with Crippen molar-refractivity contribution in [3.05, 3.63) is 60.2 Å². The van der Waals surface area contributed by atoms with Crippen LogP contribution in [0.2, 0.25) is 0 Å². The van der Waals surface area contributed by atoms with Gasteiger partial charge in [0.1, 0.15) is 5.00 Å². The quantitative estimate of drug-likeness (QED) is 0.552. The highest BCUT2D eigenvalue weighted by Crippen LogP contribution is 2.37. The van der Waals surface area contributed by atoms with Gasteiger partial charge < -0.3 is 10.1 Å². The minimum atomic E-state index is -4.02. The van der Waals surface area contributed by atoms with E-state index in [1.807, 2.05) is 6.92 Å². The standard InChI is InChI=1S/C21H22N2O5S3/c1-15-9-11-18(12-10-15)30(24,25)20-19(22-14-16-6-5-13-28-16)29-21(23-20)31(26,27)17-7-3-2-4-8-17/h2-4,7-12,16,22H,5-6,13-14H2,1H3/t16-/m1/s1. The molecule has 0 saturated carbocycles. The predicted molar refractivity (Wildman–Crippen MR) is 118 cm³/mol. The molecule has 1 aromatic heterocycles. The first-order valence-electron chi connectivity index (χ1n) is 9.77. The Morgan fingerprint density at radius 1 is 1.00 bits per heavy atom. The number of sulfone groups is 2. The van der Waals surface area contributed by atoms with Crippen molar-refractivity contribution in [2.24, 2.45) is 0 Å². The number of anilines is 1. The summed E-state index contributed by atoms with van der Waals surface area (Å²) in [5, 5.41) is 2.99. The molecule has 1 fully saturated rings. The van der Waals surface area contributed by atoms with E-state index in [2.05, 4.69) is 10.3 Å². The van der Waals surface area contributed by atoms with Crippen LogP contribution in [0.1, 0.15) is 18.4 Å². The third-order valence-corrected chi connectivity index (χ3v) is 9.95. The number of ether oxygens (including phenoxy) is 1. The number of aromatic nitrogens is 1. The Morgan fingerprint density at radius 3 is 2.32 bits per heavy atom. The third kappa shape index (κ3) is 4.52. The van der Waals surface area contributed by atoms with Gasteiger partial charge in [-0.1, -0.05) is 47.2 Å². The average Bonchev–Trinajstić information content (AvgIpc) is 3.44. The molecule has 3 aromatic rings. The monoisotopic (exact) mass is 478 g/mol. The highest BCUT2D eigenvalue weighted by atomic mass is 32.2. The molecule has 7 nitrogen and oxygen atoms in total. The van der Waals surface area contributed by atoms with Gasteiger partial charge in [-0.3, -0.25) is 0 Å². The number of nitrogens with one attached hydrogen (secondary N) is 1. The number of benzene rings is 2. The van der Waals surface area contributed by atoms with E-state index in [0.717, 1.165) is 29.7 Å². The van der Waals surface area contributed by atoms with Crippen LogP contribution in [0, 0.1) is 6.92 Å². The number of rotatable bonds is 7. The van der Waals surface area contributed by atoms with Crippen molar-refractivity contribution >= 4 is 36.0 Å². The normalized spacial score (nSPS) is 17.0. The van der Waals surface area contributed by atoms with E-state index in [-0.39, 0.29) is 30.3 Å². The summed E-state index contributed by atoms with van der Waals surface area (Å²) in [4.78, 5) is 4.24. The molecule has 1 N–H and O–H groups in total. The molecular weight excluding hydrogens is 456 g/mol. The van der Waals surface area contributed by atoms with Crippen LogP contribution >= 0.6 is 11.3 Å². The first kappa shape index (κ1) is 21.9. The van der Waals surface area contributed by atoms with Gasteiger partial charge >= 0.3 is 0 Å². The molecule has 31 heavy (non-hydrogen) atoms. The Bertz CT molecular complexity index is 1260. The molecule has 1 aliphatic rings. The SMILES string of the molecule is Cc1ccc(S(=O)(=O)c2nc(S(=O)(=O)c3ccccc3)sc2NC[C@H]2CCCO2)cc1. The minimum Gasteiger partial charge on any atom is -0.376 e. The molecule has 4 rings (SSSR count). The first-order chi connectivity index (χ1) is 14.8. The van der Waals surface area contributed by atoms with Gasteiger partial charge in [0.05, 0.1) is 15.9 Å². The van der Waals surface area contributed by atoms with Crippen molar-refractivity contribution in [1.82, 2.24) is 4.98 Å². The van der Waals surface area contributed by atoms with Crippen LogP contribution in [0.5, 0.6) is 0 Å². The minimum absolute atomic E-state index is 0.0498. The Balaban J connectivity index is 1.77. The molecule has 0 unspecified atom stereocenters. The highest BCUT2D eigenvalue weighted by Gasteiger charge is 2.32. The van der Waals surface area contributed by atoms with E-state index in [1.54, 1.807) is 30.3 Å². The molecule has 0 bridgehead atoms. The lowest BCUT2D eigenvalue weighted by Crippen LogP contribution is -2.19.